The van der Waals surface area contributed by atoms with E-state index < -0.39 is 28.0 Å². The van der Waals surface area contributed by atoms with Crippen molar-refractivity contribution in [3.63, 3.8) is 0 Å². The van der Waals surface area contributed by atoms with Crippen LogP contribution in [0.3, 0.4) is 0 Å². The van der Waals surface area contributed by atoms with Crippen LogP contribution in [0.4, 0.5) is 10.5 Å². The van der Waals surface area contributed by atoms with Crippen molar-refractivity contribution in [3.8, 4) is 0 Å². The van der Waals surface area contributed by atoms with Gasteiger partial charge in [0.25, 0.3) is 0 Å². The Morgan fingerprint density at radius 2 is 1.86 bits per heavy atom. The Balaban J connectivity index is 3.05. The number of sulfonamides is 1. The van der Waals surface area contributed by atoms with Gasteiger partial charge in [0.15, 0.2) is 0 Å². The van der Waals surface area contributed by atoms with Gasteiger partial charge in [0, 0.05) is 19.8 Å². The lowest BCUT2D eigenvalue weighted by Gasteiger charge is -2.16. The van der Waals surface area contributed by atoms with Gasteiger partial charge in [0.2, 0.25) is 15.9 Å². The van der Waals surface area contributed by atoms with Gasteiger partial charge in [0.1, 0.15) is 6.04 Å². The van der Waals surface area contributed by atoms with E-state index in [1.807, 2.05) is 0 Å². The zero-order chi connectivity index (χ0) is 17.1. The number of nitrogens with two attached hydrogens (primary N) is 1. The lowest BCUT2D eigenvalue weighted by atomic mass is 10.2. The molecular weight excluding hydrogens is 308 g/mol. The Morgan fingerprint density at radius 3 is 2.36 bits per heavy atom. The Kier molecular flexibility index (Phi) is 5.50. The Labute approximate surface area is 129 Å². The van der Waals surface area contributed by atoms with Crippen LogP contribution in [0.5, 0.6) is 0 Å². The number of carbonyl (C=O) groups excluding carboxylic acids is 2. The molecule has 9 heteroatoms. The molecule has 0 aliphatic carbocycles. The van der Waals surface area contributed by atoms with Gasteiger partial charge in [-0.1, -0.05) is 6.07 Å². The second kappa shape index (κ2) is 6.75. The monoisotopic (exact) mass is 328 g/mol. The second-order valence-electron chi connectivity index (χ2n) is 4.99. The summed E-state index contributed by atoms with van der Waals surface area (Å²) in [5, 5.41) is 4.77. The fraction of sp³-hybridized carbons (Fsp3) is 0.385. The number of nitrogens with zero attached hydrogens (tertiary/aromatic N) is 1. The Bertz CT molecular complexity index is 685. The molecule has 8 nitrogen and oxygen atoms in total. The van der Waals surface area contributed by atoms with Crippen molar-refractivity contribution >= 4 is 27.6 Å². The lowest BCUT2D eigenvalue weighted by Crippen LogP contribution is -2.44. The third-order valence-electron chi connectivity index (χ3n) is 2.97. The van der Waals surface area contributed by atoms with E-state index in [1.165, 1.54) is 27.1 Å². The molecule has 0 aliphatic rings. The van der Waals surface area contributed by atoms with E-state index in [0.29, 0.717) is 11.3 Å². The maximum atomic E-state index is 12.2. The normalized spacial score (nSPS) is 12.8. The molecule has 122 valence electrons. The summed E-state index contributed by atoms with van der Waals surface area (Å²) in [4.78, 5) is 22.7. The fourth-order valence-corrected chi connectivity index (χ4v) is 2.83. The van der Waals surface area contributed by atoms with E-state index in [-0.39, 0.29) is 4.90 Å². The van der Waals surface area contributed by atoms with Crippen LogP contribution in [-0.4, -0.2) is 44.8 Å². The number of benzene rings is 1. The summed E-state index contributed by atoms with van der Waals surface area (Å²) in [5.74, 6) is -0.504. The molecular formula is C13H20N4O4S. The summed E-state index contributed by atoms with van der Waals surface area (Å²) in [6.07, 6.45) is 0. The van der Waals surface area contributed by atoms with Crippen LogP contribution >= 0.6 is 0 Å². The molecule has 0 radical (unpaired) electrons. The highest BCUT2D eigenvalue weighted by atomic mass is 32.2. The topological polar surface area (TPSA) is 122 Å². The standard InChI is InChI=1S/C13H20N4O4S/c1-8-5-6-10(7-11(8)22(20,21)17(3)4)16-12(18)9(2)15-13(14)19/h5-7,9H,1-4H3,(H,16,18)(H3,14,15,19). The van der Waals surface area contributed by atoms with E-state index in [0.717, 1.165) is 4.31 Å². The average Bonchev–Trinajstić information content (AvgIpc) is 2.39. The molecule has 1 atom stereocenters. The predicted molar refractivity (Wildman–Crippen MR) is 82.9 cm³/mol. The molecule has 0 heterocycles. The van der Waals surface area contributed by atoms with Gasteiger partial charge in [-0.3, -0.25) is 4.79 Å². The number of anilines is 1. The zero-order valence-electron chi connectivity index (χ0n) is 12.9. The molecule has 4 N–H and O–H groups in total. The molecule has 0 bridgehead atoms. The van der Waals surface area contributed by atoms with Crippen LogP contribution in [0.2, 0.25) is 0 Å². The predicted octanol–water partition coefficient (Wildman–Crippen LogP) is 0.241. The van der Waals surface area contributed by atoms with Gasteiger partial charge in [-0.2, -0.15) is 0 Å². The number of hydrogen-bond donors (Lipinski definition) is 3. The number of rotatable bonds is 5. The van der Waals surface area contributed by atoms with Crippen LogP contribution < -0.4 is 16.4 Å². The van der Waals surface area contributed by atoms with Crippen molar-refractivity contribution < 1.29 is 18.0 Å². The summed E-state index contributed by atoms with van der Waals surface area (Å²) >= 11 is 0. The van der Waals surface area contributed by atoms with E-state index in [9.17, 15) is 18.0 Å². The van der Waals surface area contributed by atoms with E-state index >= 15 is 0 Å². The van der Waals surface area contributed by atoms with Crippen molar-refractivity contribution in [2.75, 3.05) is 19.4 Å². The minimum absolute atomic E-state index is 0.103. The number of hydrogen-bond acceptors (Lipinski definition) is 4. The van der Waals surface area contributed by atoms with Crippen molar-refractivity contribution in [1.29, 1.82) is 0 Å². The molecule has 0 spiro atoms. The molecule has 0 aromatic heterocycles. The Morgan fingerprint density at radius 1 is 1.27 bits per heavy atom. The van der Waals surface area contributed by atoms with E-state index in [2.05, 4.69) is 10.6 Å². The number of amides is 3. The van der Waals surface area contributed by atoms with Gasteiger partial charge in [0.05, 0.1) is 4.90 Å². The summed E-state index contributed by atoms with van der Waals surface area (Å²) in [6, 6.07) is 2.89. The van der Waals surface area contributed by atoms with Gasteiger partial charge in [-0.05, 0) is 31.5 Å². The second-order valence-corrected chi connectivity index (χ2v) is 7.11. The van der Waals surface area contributed by atoms with Gasteiger partial charge >= 0.3 is 6.03 Å². The number of aryl methyl sites for hydroxylation is 1. The van der Waals surface area contributed by atoms with Crippen molar-refractivity contribution in [1.82, 2.24) is 9.62 Å². The third kappa shape index (κ3) is 4.18. The summed E-state index contributed by atoms with van der Waals surface area (Å²) in [7, 11) is -0.754. The molecule has 1 aromatic rings. The maximum Gasteiger partial charge on any atom is 0.312 e. The first-order chi connectivity index (χ1) is 10.1. The molecule has 3 amide bonds. The first-order valence-corrected chi connectivity index (χ1v) is 7.89. The smallest absolute Gasteiger partial charge is 0.312 e. The highest BCUT2D eigenvalue weighted by molar-refractivity contribution is 7.89. The van der Waals surface area contributed by atoms with Crippen LogP contribution in [0, 0.1) is 6.92 Å². The van der Waals surface area contributed by atoms with E-state index in [4.69, 9.17) is 5.73 Å². The molecule has 0 saturated heterocycles. The summed E-state index contributed by atoms with van der Waals surface area (Å²) < 4.78 is 25.5. The number of carbonyl (C=O) groups is 2. The summed E-state index contributed by atoms with van der Waals surface area (Å²) in [6.45, 7) is 3.13. The summed E-state index contributed by atoms with van der Waals surface area (Å²) in [5.41, 5.74) is 5.82. The number of nitrogens with one attached hydrogen (secondary N) is 2. The lowest BCUT2D eigenvalue weighted by molar-refractivity contribution is -0.117. The minimum atomic E-state index is -3.61. The third-order valence-corrected chi connectivity index (χ3v) is 4.92. The van der Waals surface area contributed by atoms with Crippen LogP contribution in [0.25, 0.3) is 0 Å². The first-order valence-electron chi connectivity index (χ1n) is 6.45. The zero-order valence-corrected chi connectivity index (χ0v) is 13.7. The molecule has 0 fully saturated rings. The molecule has 1 unspecified atom stereocenters. The molecule has 0 saturated carbocycles. The van der Waals surface area contributed by atoms with Gasteiger partial charge in [-0.15, -0.1) is 0 Å². The van der Waals surface area contributed by atoms with Crippen LogP contribution in [0.1, 0.15) is 12.5 Å². The fourth-order valence-electron chi connectivity index (χ4n) is 1.68. The highest BCUT2D eigenvalue weighted by Gasteiger charge is 2.21. The number of primary amides is 1. The Hall–Kier alpha value is -2.13. The SMILES string of the molecule is Cc1ccc(NC(=O)C(C)NC(N)=O)cc1S(=O)(=O)N(C)C. The average molecular weight is 328 g/mol. The number of urea groups is 1. The highest BCUT2D eigenvalue weighted by Crippen LogP contribution is 2.22. The quantitative estimate of drug-likeness (QED) is 0.716. The molecule has 0 aliphatic heterocycles. The van der Waals surface area contributed by atoms with Crippen LogP contribution in [-0.2, 0) is 14.8 Å². The molecule has 1 rings (SSSR count). The van der Waals surface area contributed by atoms with Crippen molar-refractivity contribution in [3.05, 3.63) is 23.8 Å². The van der Waals surface area contributed by atoms with E-state index in [1.54, 1.807) is 19.1 Å². The first kappa shape index (κ1) is 17.9. The largest absolute Gasteiger partial charge is 0.352 e. The minimum Gasteiger partial charge on any atom is -0.352 e. The van der Waals surface area contributed by atoms with Crippen molar-refractivity contribution in [2.45, 2.75) is 24.8 Å². The molecule has 22 heavy (non-hydrogen) atoms. The van der Waals surface area contributed by atoms with Crippen LogP contribution in [0.15, 0.2) is 23.1 Å². The maximum absolute atomic E-state index is 12.2. The van der Waals surface area contributed by atoms with Gasteiger partial charge in [-0.25, -0.2) is 17.5 Å². The molecule has 1 aromatic carbocycles. The van der Waals surface area contributed by atoms with Gasteiger partial charge < -0.3 is 16.4 Å². The van der Waals surface area contributed by atoms with Crippen molar-refractivity contribution in [2.24, 2.45) is 5.73 Å².